The van der Waals surface area contributed by atoms with Gasteiger partial charge in [0.15, 0.2) is 0 Å². The molecule has 0 spiro atoms. The van der Waals surface area contributed by atoms with Crippen molar-refractivity contribution < 1.29 is 0 Å². The molecule has 0 saturated heterocycles. The van der Waals surface area contributed by atoms with Crippen molar-refractivity contribution in [1.82, 2.24) is 9.97 Å². The van der Waals surface area contributed by atoms with Crippen LogP contribution in [0.5, 0.6) is 0 Å². The second kappa shape index (κ2) is 5.79. The Kier molecular flexibility index (Phi) is 3.87. The lowest BCUT2D eigenvalue weighted by atomic mass is 10.3. The molecule has 1 aliphatic carbocycles. The van der Waals surface area contributed by atoms with E-state index < -0.39 is 0 Å². The van der Waals surface area contributed by atoms with Crippen LogP contribution in [0.3, 0.4) is 0 Å². The van der Waals surface area contributed by atoms with Gasteiger partial charge in [0.25, 0.3) is 0 Å². The maximum atomic E-state index is 4.64. The van der Waals surface area contributed by atoms with Crippen molar-refractivity contribution in [2.45, 2.75) is 39.2 Å². The molecule has 0 unspecified atom stereocenters. The van der Waals surface area contributed by atoms with Gasteiger partial charge in [0.05, 0.1) is 6.54 Å². The molecule has 2 N–H and O–H groups in total. The highest BCUT2D eigenvalue weighted by molar-refractivity contribution is 7.11. The molecule has 0 aliphatic heterocycles. The van der Waals surface area contributed by atoms with Crippen molar-refractivity contribution in [3.8, 4) is 0 Å². The minimum atomic E-state index is 0.568. The summed E-state index contributed by atoms with van der Waals surface area (Å²) < 4.78 is 0. The highest BCUT2D eigenvalue weighted by atomic mass is 32.1. The van der Waals surface area contributed by atoms with Gasteiger partial charge in [-0.1, -0.05) is 0 Å². The molecule has 5 heteroatoms. The van der Waals surface area contributed by atoms with E-state index in [0.29, 0.717) is 5.92 Å². The predicted molar refractivity (Wildman–Crippen MR) is 84.6 cm³/mol. The molecule has 2 aromatic heterocycles. The molecule has 0 atom stereocenters. The van der Waals surface area contributed by atoms with Crippen LogP contribution in [0.4, 0.5) is 11.6 Å². The molecule has 2 aromatic rings. The number of thiophene rings is 1. The van der Waals surface area contributed by atoms with E-state index in [1.54, 1.807) is 0 Å². The normalized spacial score (nSPS) is 14.3. The monoisotopic (exact) mass is 288 g/mol. The first-order valence-electron chi connectivity index (χ1n) is 7.16. The van der Waals surface area contributed by atoms with Crippen LogP contribution in [0.25, 0.3) is 0 Å². The molecule has 1 saturated carbocycles. The zero-order valence-corrected chi connectivity index (χ0v) is 12.8. The lowest BCUT2D eigenvalue weighted by molar-refractivity contribution is 0.919. The Bertz CT molecular complexity index is 589. The highest BCUT2D eigenvalue weighted by Crippen LogP contribution is 2.38. The molecule has 4 nitrogen and oxygen atoms in total. The summed E-state index contributed by atoms with van der Waals surface area (Å²) in [5, 5.41) is 6.70. The fourth-order valence-corrected chi connectivity index (χ4v) is 2.94. The van der Waals surface area contributed by atoms with Crippen LogP contribution < -0.4 is 10.6 Å². The molecule has 20 heavy (non-hydrogen) atoms. The molecule has 106 valence electrons. The summed E-state index contributed by atoms with van der Waals surface area (Å²) in [6, 6.07) is 6.32. The Hall–Kier alpha value is -1.62. The maximum Gasteiger partial charge on any atom is 0.136 e. The molecule has 0 amide bonds. The molecular formula is C15H20N4S. The number of nitrogens with zero attached hydrogens (tertiary/aromatic N) is 2. The van der Waals surface area contributed by atoms with Crippen LogP contribution in [-0.2, 0) is 6.54 Å². The molecule has 1 fully saturated rings. The van der Waals surface area contributed by atoms with Crippen molar-refractivity contribution in [3.63, 3.8) is 0 Å². The van der Waals surface area contributed by atoms with Crippen LogP contribution in [0.1, 0.15) is 41.3 Å². The average Bonchev–Trinajstić information content (AvgIpc) is 3.20. The third-order valence-corrected chi connectivity index (χ3v) is 4.28. The number of aryl methyl sites for hydroxylation is 1. The van der Waals surface area contributed by atoms with Crippen molar-refractivity contribution in [2.75, 3.05) is 17.2 Å². The first-order chi connectivity index (χ1) is 9.74. The SMILES string of the molecule is CCNc1cc(NCc2ccc(C)s2)nc(C2CC2)n1. The third-order valence-electron chi connectivity index (χ3n) is 3.28. The molecule has 2 heterocycles. The van der Waals surface area contributed by atoms with E-state index in [4.69, 9.17) is 0 Å². The van der Waals surface area contributed by atoms with Crippen molar-refractivity contribution >= 4 is 23.0 Å². The molecule has 0 radical (unpaired) electrons. The topological polar surface area (TPSA) is 49.8 Å². The van der Waals surface area contributed by atoms with Gasteiger partial charge in [0, 0.05) is 28.3 Å². The van der Waals surface area contributed by atoms with E-state index in [0.717, 1.165) is 30.5 Å². The van der Waals surface area contributed by atoms with Crippen molar-refractivity contribution in [1.29, 1.82) is 0 Å². The zero-order chi connectivity index (χ0) is 13.9. The summed E-state index contributed by atoms with van der Waals surface area (Å²) in [4.78, 5) is 11.9. The van der Waals surface area contributed by atoms with Gasteiger partial charge in [0.1, 0.15) is 17.5 Å². The Morgan fingerprint density at radius 3 is 2.55 bits per heavy atom. The Morgan fingerprint density at radius 1 is 1.20 bits per heavy atom. The smallest absolute Gasteiger partial charge is 0.136 e. The van der Waals surface area contributed by atoms with Crippen LogP contribution in [0.15, 0.2) is 18.2 Å². The largest absolute Gasteiger partial charge is 0.370 e. The standard InChI is InChI=1S/C15H20N4S/c1-3-16-13-8-14(19-15(18-13)11-5-6-11)17-9-12-7-4-10(2)20-12/h4,7-8,11H,3,5-6,9H2,1-2H3,(H2,16,17,18,19). The van der Waals surface area contributed by atoms with E-state index in [9.17, 15) is 0 Å². The first kappa shape index (κ1) is 13.4. The van der Waals surface area contributed by atoms with Gasteiger partial charge in [-0.25, -0.2) is 9.97 Å². The number of anilines is 2. The van der Waals surface area contributed by atoms with E-state index >= 15 is 0 Å². The van der Waals surface area contributed by atoms with Crippen LogP contribution >= 0.6 is 11.3 Å². The van der Waals surface area contributed by atoms with E-state index in [2.05, 4.69) is 46.6 Å². The second-order valence-corrected chi connectivity index (χ2v) is 6.54. The summed E-state index contributed by atoms with van der Waals surface area (Å²) >= 11 is 1.82. The Balaban J connectivity index is 1.73. The van der Waals surface area contributed by atoms with E-state index in [1.807, 2.05) is 17.4 Å². The third kappa shape index (κ3) is 3.28. The Morgan fingerprint density at radius 2 is 1.95 bits per heavy atom. The quantitative estimate of drug-likeness (QED) is 0.849. The highest BCUT2D eigenvalue weighted by Gasteiger charge is 2.27. The number of hydrogen-bond acceptors (Lipinski definition) is 5. The summed E-state index contributed by atoms with van der Waals surface area (Å²) in [7, 11) is 0. The van der Waals surface area contributed by atoms with Crippen molar-refractivity contribution in [2.24, 2.45) is 0 Å². The maximum absolute atomic E-state index is 4.64. The van der Waals surface area contributed by atoms with Gasteiger partial charge >= 0.3 is 0 Å². The van der Waals surface area contributed by atoms with Gasteiger partial charge in [-0.2, -0.15) is 0 Å². The van der Waals surface area contributed by atoms with Gasteiger partial charge in [-0.3, -0.25) is 0 Å². The number of rotatable bonds is 6. The summed E-state index contributed by atoms with van der Waals surface area (Å²) in [5.74, 6) is 3.39. The summed E-state index contributed by atoms with van der Waals surface area (Å²) in [6.07, 6.45) is 2.44. The number of nitrogens with one attached hydrogen (secondary N) is 2. The van der Waals surface area contributed by atoms with Gasteiger partial charge in [-0.05, 0) is 38.8 Å². The number of aromatic nitrogens is 2. The second-order valence-electron chi connectivity index (χ2n) is 5.17. The lowest BCUT2D eigenvalue weighted by Gasteiger charge is -2.09. The molecule has 0 aromatic carbocycles. The van der Waals surface area contributed by atoms with Gasteiger partial charge in [0.2, 0.25) is 0 Å². The first-order valence-corrected chi connectivity index (χ1v) is 7.98. The zero-order valence-electron chi connectivity index (χ0n) is 11.9. The lowest BCUT2D eigenvalue weighted by Crippen LogP contribution is -2.07. The van der Waals surface area contributed by atoms with Gasteiger partial charge in [-0.15, -0.1) is 11.3 Å². The minimum absolute atomic E-state index is 0.568. The van der Waals surface area contributed by atoms with Gasteiger partial charge < -0.3 is 10.6 Å². The van der Waals surface area contributed by atoms with Crippen LogP contribution in [-0.4, -0.2) is 16.5 Å². The van der Waals surface area contributed by atoms with E-state index in [-0.39, 0.29) is 0 Å². The fraction of sp³-hybridized carbons (Fsp3) is 0.467. The Labute approximate surface area is 123 Å². The van der Waals surface area contributed by atoms with Crippen LogP contribution in [0.2, 0.25) is 0 Å². The molecule has 1 aliphatic rings. The van der Waals surface area contributed by atoms with Crippen molar-refractivity contribution in [3.05, 3.63) is 33.8 Å². The minimum Gasteiger partial charge on any atom is -0.370 e. The van der Waals surface area contributed by atoms with Crippen LogP contribution in [0, 0.1) is 6.92 Å². The predicted octanol–water partition coefficient (Wildman–Crippen LogP) is 3.77. The summed E-state index contributed by atoms with van der Waals surface area (Å²) in [5.41, 5.74) is 0. The molecule has 0 bridgehead atoms. The molecular weight excluding hydrogens is 268 g/mol. The average molecular weight is 288 g/mol. The summed E-state index contributed by atoms with van der Waals surface area (Å²) in [6.45, 7) is 5.92. The fourth-order valence-electron chi connectivity index (χ4n) is 2.11. The van der Waals surface area contributed by atoms with E-state index in [1.165, 1.54) is 22.6 Å². The number of hydrogen-bond donors (Lipinski definition) is 2. The molecule has 3 rings (SSSR count).